The summed E-state index contributed by atoms with van der Waals surface area (Å²) in [5, 5.41) is 5.55. The molecule has 2 aliphatic rings. The number of carbonyl (C=O) groups is 1. The van der Waals surface area contributed by atoms with Crippen LogP contribution in [0.25, 0.3) is 10.8 Å². The van der Waals surface area contributed by atoms with Crippen LogP contribution in [0.2, 0.25) is 0 Å². The summed E-state index contributed by atoms with van der Waals surface area (Å²) < 4.78 is 5.84. The first-order valence-electron chi connectivity index (χ1n) is 10.7. The minimum Gasteiger partial charge on any atom is -0.378 e. The first-order valence-corrected chi connectivity index (χ1v) is 11.3. The summed E-state index contributed by atoms with van der Waals surface area (Å²) in [6.45, 7) is 3.11. The minimum absolute atomic E-state index is 0.00677. The molecule has 2 atom stereocenters. The van der Waals surface area contributed by atoms with Gasteiger partial charge in [-0.3, -0.25) is 4.79 Å². The van der Waals surface area contributed by atoms with Gasteiger partial charge in [0.1, 0.15) is 0 Å². The van der Waals surface area contributed by atoms with Gasteiger partial charge in [0.15, 0.2) is 0 Å². The number of amides is 1. The fourth-order valence-electron chi connectivity index (χ4n) is 4.12. The Hall–Kier alpha value is -1.60. The van der Waals surface area contributed by atoms with Crippen molar-refractivity contribution in [3.8, 4) is 0 Å². The molecule has 4 rings (SSSR count). The van der Waals surface area contributed by atoms with E-state index in [1.54, 1.807) is 0 Å². The number of hydrogen-bond acceptors (Lipinski definition) is 5. The van der Waals surface area contributed by atoms with Crippen LogP contribution < -0.4 is 11.1 Å². The lowest BCUT2D eigenvalue weighted by Crippen LogP contribution is -2.54. The van der Waals surface area contributed by atoms with Crippen LogP contribution in [0.5, 0.6) is 0 Å². The largest absolute Gasteiger partial charge is 0.378 e. The Morgan fingerprint density at radius 3 is 2.79 bits per heavy atom. The van der Waals surface area contributed by atoms with Crippen molar-refractivity contribution in [2.75, 3.05) is 32.0 Å². The third-order valence-electron chi connectivity index (χ3n) is 5.90. The second kappa shape index (κ2) is 9.47. The maximum atomic E-state index is 13.5. The number of rotatable bonds is 8. The molecule has 2 aromatic carbocycles. The molecule has 1 amide bonds. The molecule has 0 bridgehead atoms. The van der Waals surface area contributed by atoms with Crippen LogP contribution in [-0.4, -0.2) is 61.0 Å². The summed E-state index contributed by atoms with van der Waals surface area (Å²) in [7, 11) is 0. The highest BCUT2D eigenvalue weighted by Gasteiger charge is 2.29. The van der Waals surface area contributed by atoms with Crippen molar-refractivity contribution in [2.45, 2.75) is 43.9 Å². The highest BCUT2D eigenvalue weighted by molar-refractivity contribution is 7.80. The van der Waals surface area contributed by atoms with Crippen LogP contribution in [0, 0.1) is 0 Å². The van der Waals surface area contributed by atoms with Gasteiger partial charge in [0, 0.05) is 49.6 Å². The van der Waals surface area contributed by atoms with Crippen molar-refractivity contribution < 1.29 is 9.53 Å². The van der Waals surface area contributed by atoms with Crippen LogP contribution in [0.1, 0.15) is 35.2 Å². The summed E-state index contributed by atoms with van der Waals surface area (Å²) in [4.78, 5) is 15.6. The fraction of sp³-hybridized carbons (Fsp3) is 0.522. The van der Waals surface area contributed by atoms with Crippen molar-refractivity contribution in [3.63, 3.8) is 0 Å². The fourth-order valence-corrected chi connectivity index (χ4v) is 4.25. The maximum Gasteiger partial charge on any atom is 0.254 e. The molecule has 3 N–H and O–H groups in total. The number of nitrogens with zero attached hydrogens (tertiary/aromatic N) is 1. The predicted molar refractivity (Wildman–Crippen MR) is 121 cm³/mol. The third-order valence-corrected chi connectivity index (χ3v) is 6.37. The zero-order valence-electron chi connectivity index (χ0n) is 16.8. The molecule has 1 aliphatic heterocycles. The second-order valence-electron chi connectivity index (χ2n) is 8.18. The number of piperazine rings is 1. The van der Waals surface area contributed by atoms with E-state index in [1.807, 2.05) is 29.2 Å². The highest BCUT2D eigenvalue weighted by Crippen LogP contribution is 2.27. The summed E-state index contributed by atoms with van der Waals surface area (Å²) in [5.74, 6) is 0.754. The van der Waals surface area contributed by atoms with E-state index in [9.17, 15) is 4.79 Å². The highest BCUT2D eigenvalue weighted by atomic mass is 32.1. The van der Waals surface area contributed by atoms with Crippen molar-refractivity contribution >= 4 is 29.3 Å². The molecule has 0 unspecified atom stereocenters. The number of benzene rings is 2. The van der Waals surface area contributed by atoms with E-state index < -0.39 is 0 Å². The van der Waals surface area contributed by atoms with Gasteiger partial charge in [0.2, 0.25) is 0 Å². The number of thiol groups is 1. The molecule has 1 saturated heterocycles. The second-order valence-corrected chi connectivity index (χ2v) is 8.55. The molecular weight excluding hydrogens is 382 g/mol. The number of nitrogens with two attached hydrogens (primary N) is 1. The first-order chi connectivity index (χ1) is 14.2. The van der Waals surface area contributed by atoms with Gasteiger partial charge >= 0.3 is 0 Å². The Bertz CT molecular complexity index is 855. The normalized spacial score (nSPS) is 20.8. The van der Waals surface area contributed by atoms with Crippen molar-refractivity contribution in [2.24, 2.45) is 5.73 Å². The number of ether oxygens (including phenoxy) is 1. The van der Waals surface area contributed by atoms with E-state index in [0.717, 1.165) is 55.4 Å². The van der Waals surface area contributed by atoms with Crippen LogP contribution in [-0.2, 0) is 11.2 Å². The van der Waals surface area contributed by atoms with E-state index >= 15 is 0 Å². The molecule has 0 radical (unpaired) electrons. The average Bonchev–Trinajstić information content (AvgIpc) is 3.58. The van der Waals surface area contributed by atoms with E-state index in [0.29, 0.717) is 11.9 Å². The molecule has 2 fully saturated rings. The smallest absolute Gasteiger partial charge is 0.254 e. The van der Waals surface area contributed by atoms with Crippen molar-refractivity contribution in [1.29, 1.82) is 0 Å². The Balaban J connectivity index is 1.57. The molecule has 156 valence electrons. The van der Waals surface area contributed by atoms with Crippen LogP contribution in [0.3, 0.4) is 0 Å². The summed E-state index contributed by atoms with van der Waals surface area (Å²) >= 11 is 4.31. The van der Waals surface area contributed by atoms with Gasteiger partial charge in [0.25, 0.3) is 5.91 Å². The van der Waals surface area contributed by atoms with Crippen LogP contribution >= 0.6 is 12.6 Å². The van der Waals surface area contributed by atoms with Gasteiger partial charge in [-0.1, -0.05) is 30.3 Å². The Morgan fingerprint density at radius 2 is 2.03 bits per heavy atom. The molecule has 29 heavy (non-hydrogen) atoms. The van der Waals surface area contributed by atoms with Crippen LogP contribution in [0.15, 0.2) is 36.4 Å². The van der Waals surface area contributed by atoms with E-state index in [1.165, 1.54) is 18.4 Å². The third kappa shape index (κ3) is 4.94. The average molecular weight is 414 g/mol. The van der Waals surface area contributed by atoms with Gasteiger partial charge in [-0.05, 0) is 48.1 Å². The van der Waals surface area contributed by atoms with Gasteiger partial charge in [-0.25, -0.2) is 0 Å². The molecule has 2 aromatic rings. The Labute approximate surface area is 178 Å². The molecule has 1 saturated carbocycles. The van der Waals surface area contributed by atoms with E-state index in [4.69, 9.17) is 10.5 Å². The SMILES string of the molecule is N[C@@H](CS)Cc1ccc(C(=O)N2CCNC[C@@H]2CCOC2CC2)c2ccccc12. The zero-order chi connectivity index (χ0) is 20.2. The molecule has 6 heteroatoms. The molecule has 0 spiro atoms. The molecule has 0 aromatic heterocycles. The minimum atomic E-state index is 0.00677. The van der Waals surface area contributed by atoms with Gasteiger partial charge in [-0.15, -0.1) is 0 Å². The quantitative estimate of drug-likeness (QED) is 0.582. The van der Waals surface area contributed by atoms with Crippen LogP contribution in [0.4, 0.5) is 0 Å². The maximum absolute atomic E-state index is 13.5. The number of nitrogens with one attached hydrogen (secondary N) is 1. The summed E-state index contributed by atoms with van der Waals surface area (Å²) in [6.07, 6.45) is 4.45. The zero-order valence-corrected chi connectivity index (χ0v) is 17.7. The van der Waals surface area contributed by atoms with Crippen molar-refractivity contribution in [1.82, 2.24) is 10.2 Å². The van der Waals surface area contributed by atoms with Crippen molar-refractivity contribution in [3.05, 3.63) is 47.5 Å². The monoisotopic (exact) mass is 413 g/mol. The topological polar surface area (TPSA) is 67.6 Å². The van der Waals surface area contributed by atoms with Gasteiger partial charge in [-0.2, -0.15) is 12.6 Å². The molecule has 5 nitrogen and oxygen atoms in total. The predicted octanol–water partition coefficient (Wildman–Crippen LogP) is 2.62. The Morgan fingerprint density at radius 1 is 1.24 bits per heavy atom. The Kier molecular flexibility index (Phi) is 6.75. The number of hydrogen-bond donors (Lipinski definition) is 3. The molecular formula is C23H31N3O2S. The van der Waals surface area contributed by atoms with Gasteiger partial charge in [0.05, 0.1) is 6.10 Å². The van der Waals surface area contributed by atoms with Gasteiger partial charge < -0.3 is 20.7 Å². The lowest BCUT2D eigenvalue weighted by atomic mass is 9.95. The lowest BCUT2D eigenvalue weighted by Gasteiger charge is -2.36. The number of carbonyl (C=O) groups excluding carboxylic acids is 1. The summed E-state index contributed by atoms with van der Waals surface area (Å²) in [5.41, 5.74) is 8.08. The van der Waals surface area contributed by atoms with E-state index in [-0.39, 0.29) is 18.0 Å². The summed E-state index contributed by atoms with van der Waals surface area (Å²) in [6, 6.07) is 12.4. The molecule has 1 aliphatic carbocycles. The first kappa shape index (κ1) is 20.7. The molecule has 1 heterocycles. The lowest BCUT2D eigenvalue weighted by molar-refractivity contribution is 0.0527. The standard InChI is InChI=1S/C23H31N3O2S/c24-17(15-29)13-16-5-8-22(21-4-2-1-3-20(16)21)23(27)26-11-10-25-14-18(26)9-12-28-19-6-7-19/h1-5,8,17-19,25,29H,6-7,9-15,24H2/t17-,18+/m1/s1. The number of fused-ring (bicyclic) bond motifs is 1. The van der Waals surface area contributed by atoms with E-state index in [2.05, 4.69) is 30.1 Å².